The van der Waals surface area contributed by atoms with Gasteiger partial charge in [-0.3, -0.25) is 14.6 Å². The molecule has 0 spiro atoms. The molecule has 2 N–H and O–H groups in total. The Morgan fingerprint density at radius 3 is 2.78 bits per heavy atom. The van der Waals surface area contributed by atoms with Crippen LogP contribution in [0.3, 0.4) is 0 Å². The molecule has 1 aromatic rings. The fourth-order valence-electron chi connectivity index (χ4n) is 4.31. The number of aliphatic carboxylic acids is 1. The van der Waals surface area contributed by atoms with Crippen LogP contribution < -0.4 is 0 Å². The number of aliphatic hydroxyl groups excluding tert-OH is 1. The van der Waals surface area contributed by atoms with Gasteiger partial charge in [-0.1, -0.05) is 54.2 Å². The number of hydrogen-bond acceptors (Lipinski definition) is 8. The van der Waals surface area contributed by atoms with Crippen LogP contribution in [0.1, 0.15) is 25.3 Å². The van der Waals surface area contributed by atoms with E-state index < -0.39 is 18.0 Å². The van der Waals surface area contributed by atoms with Gasteiger partial charge >= 0.3 is 5.97 Å². The van der Waals surface area contributed by atoms with Crippen LogP contribution in [-0.2, 0) is 14.4 Å². The van der Waals surface area contributed by atoms with Gasteiger partial charge in [0, 0.05) is 23.9 Å². The van der Waals surface area contributed by atoms with Crippen molar-refractivity contribution in [2.45, 2.75) is 36.5 Å². The van der Waals surface area contributed by atoms with Gasteiger partial charge in [-0.25, -0.2) is 4.79 Å². The summed E-state index contributed by atoms with van der Waals surface area (Å²) in [5.74, 6) is -1.91. The van der Waals surface area contributed by atoms with E-state index in [1.54, 1.807) is 0 Å². The largest absolute Gasteiger partial charge is 0.477 e. The highest BCUT2D eigenvalue weighted by molar-refractivity contribution is 8.23. The number of fused-ring (bicyclic) bond motifs is 1. The first kappa shape index (κ1) is 23.2. The molecule has 1 amide bonds. The lowest BCUT2D eigenvalue weighted by Crippen LogP contribution is -2.61. The number of thioether (sulfide) groups is 2. The van der Waals surface area contributed by atoms with E-state index in [0.29, 0.717) is 17.2 Å². The quantitative estimate of drug-likeness (QED) is 0.318. The molecule has 3 aliphatic heterocycles. The van der Waals surface area contributed by atoms with Crippen LogP contribution >= 0.6 is 23.5 Å². The van der Waals surface area contributed by atoms with E-state index in [0.717, 1.165) is 30.8 Å². The summed E-state index contributed by atoms with van der Waals surface area (Å²) in [6.07, 6.45) is 0.640. The lowest BCUT2D eigenvalue weighted by atomic mass is 9.90. The normalized spacial score (nSPS) is 26.8. The van der Waals surface area contributed by atoms with Crippen LogP contribution in [0.2, 0.25) is 0 Å². The SMILES string of the molecule is CC[C@H](O)[C@@H]1C(=O)N2C(C(=O)O)=C(S[C@H]3CCN(CC(=NOC)c4ccccc4)C3)S[C@H]12. The van der Waals surface area contributed by atoms with Gasteiger partial charge in [0.25, 0.3) is 0 Å². The Morgan fingerprint density at radius 2 is 2.12 bits per heavy atom. The maximum Gasteiger partial charge on any atom is 0.354 e. The summed E-state index contributed by atoms with van der Waals surface area (Å²) in [6, 6.07) is 9.90. The molecule has 0 saturated carbocycles. The van der Waals surface area contributed by atoms with Gasteiger partial charge in [-0.2, -0.15) is 0 Å². The van der Waals surface area contributed by atoms with Crippen molar-refractivity contribution in [2.24, 2.45) is 11.1 Å². The summed E-state index contributed by atoms with van der Waals surface area (Å²) >= 11 is 2.94. The number of carboxylic acids is 1. The van der Waals surface area contributed by atoms with Gasteiger partial charge in [-0.15, -0.1) is 11.8 Å². The van der Waals surface area contributed by atoms with E-state index in [1.165, 1.54) is 35.5 Å². The molecule has 1 aromatic carbocycles. The summed E-state index contributed by atoms with van der Waals surface area (Å²) in [6.45, 7) is 4.13. The number of likely N-dealkylation sites (tertiary alicyclic amines) is 1. The third-order valence-electron chi connectivity index (χ3n) is 5.97. The van der Waals surface area contributed by atoms with Crippen LogP contribution in [0.15, 0.2) is 45.4 Å². The summed E-state index contributed by atoms with van der Waals surface area (Å²) in [4.78, 5) is 33.1. The molecule has 3 heterocycles. The van der Waals surface area contributed by atoms with Crippen LogP contribution in [0, 0.1) is 5.92 Å². The summed E-state index contributed by atoms with van der Waals surface area (Å²) < 4.78 is 0.669. The van der Waals surface area contributed by atoms with Crippen molar-refractivity contribution >= 4 is 41.1 Å². The highest BCUT2D eigenvalue weighted by Crippen LogP contribution is 2.55. The number of benzene rings is 1. The first-order valence-electron chi connectivity index (χ1n) is 10.6. The van der Waals surface area contributed by atoms with E-state index in [4.69, 9.17) is 4.84 Å². The fourth-order valence-corrected chi connectivity index (χ4v) is 7.62. The topological polar surface area (TPSA) is 103 Å². The number of carbonyl (C=O) groups excluding carboxylic acids is 1. The molecule has 0 aromatic heterocycles. The third-order valence-corrected chi connectivity index (χ3v) is 8.82. The van der Waals surface area contributed by atoms with Crippen LogP contribution in [0.5, 0.6) is 0 Å². The summed E-state index contributed by atoms with van der Waals surface area (Å²) in [5.41, 5.74) is 1.93. The highest BCUT2D eigenvalue weighted by atomic mass is 32.2. The van der Waals surface area contributed by atoms with Crippen LogP contribution in [-0.4, -0.2) is 81.1 Å². The molecule has 172 valence electrons. The number of nitrogens with zero attached hydrogens (tertiary/aromatic N) is 3. The van der Waals surface area contributed by atoms with Crippen LogP contribution in [0.4, 0.5) is 0 Å². The van der Waals surface area contributed by atoms with Gasteiger partial charge in [0.2, 0.25) is 5.91 Å². The van der Waals surface area contributed by atoms with Gasteiger partial charge in [0.05, 0.1) is 16.3 Å². The molecule has 0 bridgehead atoms. The highest BCUT2D eigenvalue weighted by Gasteiger charge is 2.58. The Kier molecular flexibility index (Phi) is 7.14. The van der Waals surface area contributed by atoms with Crippen molar-refractivity contribution in [1.29, 1.82) is 0 Å². The number of β-lactam (4-membered cyclic amide) rings is 1. The maximum atomic E-state index is 12.5. The zero-order valence-corrected chi connectivity index (χ0v) is 19.6. The molecular formula is C22H27N3O5S2. The zero-order valence-electron chi connectivity index (χ0n) is 18.0. The summed E-state index contributed by atoms with van der Waals surface area (Å²) in [5, 5.41) is 24.0. The van der Waals surface area contributed by atoms with Crippen LogP contribution in [0.25, 0.3) is 0 Å². The van der Waals surface area contributed by atoms with Crippen molar-refractivity contribution in [3.8, 4) is 0 Å². The van der Waals surface area contributed by atoms with Crippen molar-refractivity contribution in [1.82, 2.24) is 9.80 Å². The van der Waals surface area contributed by atoms with Crippen molar-refractivity contribution in [3.63, 3.8) is 0 Å². The number of rotatable bonds is 9. The second-order valence-electron chi connectivity index (χ2n) is 8.01. The average molecular weight is 478 g/mol. The molecule has 0 radical (unpaired) electrons. The standard InChI is InChI=1S/C22H27N3O5S2/c1-3-16(26)17-19(27)25-18(21(28)29)22(32-20(17)25)31-14-9-10-24(11-14)12-15(23-30-2)13-7-5-4-6-8-13/h4-8,14,16-17,20,26H,3,9-12H2,1-2H3,(H,28,29)/t14-,16-,17+,20+/m0/s1. The molecule has 2 fully saturated rings. The number of hydrogen-bond donors (Lipinski definition) is 2. The Labute approximate surface area is 195 Å². The van der Waals surface area contributed by atoms with Gasteiger partial charge in [0.15, 0.2) is 5.70 Å². The van der Waals surface area contributed by atoms with E-state index in [-0.39, 0.29) is 22.2 Å². The lowest BCUT2D eigenvalue weighted by molar-refractivity contribution is -0.157. The minimum absolute atomic E-state index is 0.0684. The lowest BCUT2D eigenvalue weighted by Gasteiger charge is -2.44. The van der Waals surface area contributed by atoms with Gasteiger partial charge in [0.1, 0.15) is 18.2 Å². The molecule has 3 aliphatic rings. The number of carboxylic acid groups (broad SMARTS) is 1. The van der Waals surface area contributed by atoms with E-state index in [9.17, 15) is 19.8 Å². The fraction of sp³-hybridized carbons (Fsp3) is 0.500. The molecule has 10 heteroatoms. The van der Waals surface area contributed by atoms with Gasteiger partial charge in [-0.05, 0) is 19.4 Å². The predicted molar refractivity (Wildman–Crippen MR) is 125 cm³/mol. The van der Waals surface area contributed by atoms with E-state index >= 15 is 0 Å². The molecule has 2 saturated heterocycles. The van der Waals surface area contributed by atoms with Crippen molar-refractivity contribution < 1.29 is 24.6 Å². The Balaban J connectivity index is 1.41. The monoisotopic (exact) mass is 477 g/mol. The zero-order chi connectivity index (χ0) is 22.8. The Bertz CT molecular complexity index is 939. The summed E-state index contributed by atoms with van der Waals surface area (Å²) in [7, 11) is 1.54. The minimum atomic E-state index is -1.09. The van der Waals surface area contributed by atoms with Crippen molar-refractivity contribution in [2.75, 3.05) is 26.7 Å². The number of aliphatic hydroxyl groups is 1. The molecule has 4 rings (SSSR count). The first-order valence-corrected chi connectivity index (χ1v) is 12.4. The molecule has 0 aliphatic carbocycles. The molecule has 8 nitrogen and oxygen atoms in total. The first-order chi connectivity index (χ1) is 15.4. The van der Waals surface area contributed by atoms with E-state index in [1.807, 2.05) is 37.3 Å². The number of carbonyl (C=O) groups is 2. The second kappa shape index (κ2) is 9.86. The smallest absolute Gasteiger partial charge is 0.354 e. The van der Waals surface area contributed by atoms with E-state index in [2.05, 4.69) is 10.1 Å². The number of oxime groups is 1. The molecule has 0 unspecified atom stereocenters. The second-order valence-corrected chi connectivity index (χ2v) is 10.7. The predicted octanol–water partition coefficient (Wildman–Crippen LogP) is 2.40. The Hall–Kier alpha value is -2.01. The van der Waals surface area contributed by atoms with Gasteiger partial charge < -0.3 is 15.1 Å². The van der Waals surface area contributed by atoms with Crippen molar-refractivity contribution in [3.05, 3.63) is 45.8 Å². The third kappa shape index (κ3) is 4.41. The molecular weight excluding hydrogens is 450 g/mol. The minimum Gasteiger partial charge on any atom is -0.477 e. The Morgan fingerprint density at radius 1 is 1.38 bits per heavy atom. The molecule has 32 heavy (non-hydrogen) atoms. The number of amides is 1. The maximum absolute atomic E-state index is 12.5. The average Bonchev–Trinajstić information content (AvgIpc) is 3.36. The molecule has 4 atom stereocenters.